The molecule has 0 aliphatic carbocycles. The average molecular weight is 191 g/mol. The van der Waals surface area contributed by atoms with Crippen LogP contribution in [0.5, 0.6) is 0 Å². The van der Waals surface area contributed by atoms with Crippen LogP contribution in [0.15, 0.2) is 12.3 Å². The number of ketones is 1. The zero-order valence-electron chi connectivity index (χ0n) is 8.92. The minimum absolute atomic E-state index is 0.115. The van der Waals surface area contributed by atoms with Crippen molar-refractivity contribution in [3.8, 4) is 0 Å². The van der Waals surface area contributed by atoms with Crippen LogP contribution in [-0.4, -0.2) is 10.4 Å². The Morgan fingerprint density at radius 2 is 2.21 bits per heavy atom. The van der Waals surface area contributed by atoms with Gasteiger partial charge in [-0.3, -0.25) is 4.79 Å². The Morgan fingerprint density at radius 1 is 1.43 bits per heavy atom. The molecule has 0 N–H and O–H groups in total. The molecule has 1 aromatic heterocycles. The SMILES string of the molecule is CC(C)C(=O)c1ccn2c1CCCC2. The Kier molecular flexibility index (Phi) is 2.44. The number of aryl methyl sites for hydroxylation is 1. The molecule has 0 saturated heterocycles. The third-order valence-corrected chi connectivity index (χ3v) is 2.93. The van der Waals surface area contributed by atoms with E-state index in [1.54, 1.807) is 0 Å². The zero-order valence-corrected chi connectivity index (χ0v) is 8.92. The summed E-state index contributed by atoms with van der Waals surface area (Å²) in [6.07, 6.45) is 5.60. The molecule has 1 aromatic rings. The van der Waals surface area contributed by atoms with Crippen LogP contribution in [0.3, 0.4) is 0 Å². The normalized spacial score (nSPS) is 15.6. The fourth-order valence-corrected chi connectivity index (χ4v) is 2.10. The maximum atomic E-state index is 11.9. The molecule has 2 rings (SSSR count). The van der Waals surface area contributed by atoms with Gasteiger partial charge in [-0.1, -0.05) is 13.8 Å². The summed E-state index contributed by atoms with van der Waals surface area (Å²) < 4.78 is 2.24. The predicted octanol–water partition coefficient (Wildman–Crippen LogP) is 2.66. The number of nitrogens with zero attached hydrogens (tertiary/aromatic N) is 1. The summed E-state index contributed by atoms with van der Waals surface area (Å²) in [5.41, 5.74) is 2.22. The first-order chi connectivity index (χ1) is 6.70. The van der Waals surface area contributed by atoms with Gasteiger partial charge in [-0.05, 0) is 25.3 Å². The lowest BCUT2D eigenvalue weighted by Crippen LogP contribution is -2.14. The van der Waals surface area contributed by atoms with Gasteiger partial charge >= 0.3 is 0 Å². The highest BCUT2D eigenvalue weighted by atomic mass is 16.1. The summed E-state index contributed by atoms with van der Waals surface area (Å²) in [5.74, 6) is 0.407. The van der Waals surface area contributed by atoms with Gasteiger partial charge in [-0.25, -0.2) is 0 Å². The molecule has 1 aliphatic rings. The lowest BCUT2D eigenvalue weighted by Gasteiger charge is -2.16. The summed E-state index contributed by atoms with van der Waals surface area (Å²) in [6, 6.07) is 1.99. The topological polar surface area (TPSA) is 22.0 Å². The monoisotopic (exact) mass is 191 g/mol. The van der Waals surface area contributed by atoms with Gasteiger partial charge in [0.15, 0.2) is 5.78 Å². The molecule has 76 valence electrons. The van der Waals surface area contributed by atoms with Crippen LogP contribution < -0.4 is 0 Å². The molecule has 14 heavy (non-hydrogen) atoms. The van der Waals surface area contributed by atoms with E-state index < -0.39 is 0 Å². The lowest BCUT2D eigenvalue weighted by molar-refractivity contribution is 0.0938. The molecular formula is C12H17NO. The minimum Gasteiger partial charge on any atom is -0.351 e. The lowest BCUT2D eigenvalue weighted by atomic mass is 9.98. The van der Waals surface area contributed by atoms with E-state index in [-0.39, 0.29) is 5.92 Å². The van der Waals surface area contributed by atoms with Crippen LogP contribution in [0.4, 0.5) is 0 Å². The third kappa shape index (κ3) is 1.49. The van der Waals surface area contributed by atoms with Crippen molar-refractivity contribution in [3.05, 3.63) is 23.5 Å². The van der Waals surface area contributed by atoms with E-state index in [2.05, 4.69) is 10.8 Å². The second-order valence-electron chi connectivity index (χ2n) is 4.35. The number of aromatic nitrogens is 1. The standard InChI is InChI=1S/C12H17NO/c1-9(2)12(14)10-6-8-13-7-4-3-5-11(10)13/h6,8-9H,3-5,7H2,1-2H3. The van der Waals surface area contributed by atoms with E-state index >= 15 is 0 Å². The average Bonchev–Trinajstić information content (AvgIpc) is 2.60. The largest absolute Gasteiger partial charge is 0.351 e. The molecule has 2 heteroatoms. The highest BCUT2D eigenvalue weighted by molar-refractivity contribution is 5.98. The Balaban J connectivity index is 2.35. The molecule has 1 aliphatic heterocycles. The Labute approximate surface area is 84.9 Å². The third-order valence-electron chi connectivity index (χ3n) is 2.93. The Morgan fingerprint density at radius 3 is 2.93 bits per heavy atom. The predicted molar refractivity (Wildman–Crippen MR) is 56.5 cm³/mol. The molecule has 2 heterocycles. The van der Waals surface area contributed by atoms with Gasteiger partial charge < -0.3 is 4.57 Å². The van der Waals surface area contributed by atoms with Crippen molar-refractivity contribution in [1.82, 2.24) is 4.57 Å². The van der Waals surface area contributed by atoms with Gasteiger partial charge in [-0.15, -0.1) is 0 Å². The molecule has 0 unspecified atom stereocenters. The molecule has 2 nitrogen and oxygen atoms in total. The minimum atomic E-state index is 0.115. The first-order valence-electron chi connectivity index (χ1n) is 5.42. The molecule has 0 aromatic carbocycles. The summed E-state index contributed by atoms with van der Waals surface area (Å²) >= 11 is 0. The van der Waals surface area contributed by atoms with E-state index in [1.807, 2.05) is 19.9 Å². The molecule has 0 fully saturated rings. The summed E-state index contributed by atoms with van der Waals surface area (Å²) in [7, 11) is 0. The second kappa shape index (κ2) is 3.60. The Bertz CT molecular complexity index is 349. The Hall–Kier alpha value is -1.05. The highest BCUT2D eigenvalue weighted by Gasteiger charge is 2.19. The van der Waals surface area contributed by atoms with E-state index in [1.165, 1.54) is 18.5 Å². The van der Waals surface area contributed by atoms with Crippen molar-refractivity contribution < 1.29 is 4.79 Å². The van der Waals surface area contributed by atoms with Crippen molar-refractivity contribution in [2.24, 2.45) is 5.92 Å². The smallest absolute Gasteiger partial charge is 0.167 e. The van der Waals surface area contributed by atoms with Crippen molar-refractivity contribution in [2.75, 3.05) is 0 Å². The van der Waals surface area contributed by atoms with Crippen LogP contribution >= 0.6 is 0 Å². The maximum absolute atomic E-state index is 11.9. The van der Waals surface area contributed by atoms with E-state index in [0.717, 1.165) is 18.5 Å². The summed E-state index contributed by atoms with van der Waals surface area (Å²) in [4.78, 5) is 11.9. The molecule has 0 radical (unpaired) electrons. The molecule has 0 saturated carbocycles. The van der Waals surface area contributed by atoms with Crippen molar-refractivity contribution in [2.45, 2.75) is 39.7 Å². The molecule has 0 amide bonds. The van der Waals surface area contributed by atoms with Crippen molar-refractivity contribution in [3.63, 3.8) is 0 Å². The van der Waals surface area contributed by atoms with Gasteiger partial charge in [0.1, 0.15) is 0 Å². The van der Waals surface area contributed by atoms with Crippen LogP contribution in [0.1, 0.15) is 42.7 Å². The number of hydrogen-bond acceptors (Lipinski definition) is 1. The van der Waals surface area contributed by atoms with E-state index in [9.17, 15) is 4.79 Å². The fourth-order valence-electron chi connectivity index (χ4n) is 2.10. The van der Waals surface area contributed by atoms with E-state index in [4.69, 9.17) is 0 Å². The van der Waals surface area contributed by atoms with E-state index in [0.29, 0.717) is 5.78 Å². The van der Waals surface area contributed by atoms with Gasteiger partial charge in [0.2, 0.25) is 0 Å². The van der Waals surface area contributed by atoms with Gasteiger partial charge in [-0.2, -0.15) is 0 Å². The molecular weight excluding hydrogens is 174 g/mol. The first-order valence-corrected chi connectivity index (χ1v) is 5.42. The number of hydrogen-bond donors (Lipinski definition) is 0. The van der Waals surface area contributed by atoms with Gasteiger partial charge in [0.25, 0.3) is 0 Å². The number of rotatable bonds is 2. The van der Waals surface area contributed by atoms with Gasteiger partial charge in [0.05, 0.1) is 0 Å². The van der Waals surface area contributed by atoms with Crippen molar-refractivity contribution >= 4 is 5.78 Å². The molecule has 0 spiro atoms. The summed E-state index contributed by atoms with van der Waals surface area (Å²) in [6.45, 7) is 5.02. The first kappa shape index (κ1) is 9.50. The number of carbonyl (C=O) groups excluding carboxylic acids is 1. The van der Waals surface area contributed by atoms with Crippen molar-refractivity contribution in [1.29, 1.82) is 0 Å². The summed E-state index contributed by atoms with van der Waals surface area (Å²) in [5, 5.41) is 0. The quantitative estimate of drug-likeness (QED) is 0.659. The molecule has 0 bridgehead atoms. The zero-order chi connectivity index (χ0) is 10.1. The number of Topliss-reactive ketones (excluding diaryl/α,β-unsaturated/α-hetero) is 1. The van der Waals surface area contributed by atoms with Crippen LogP contribution in [0.25, 0.3) is 0 Å². The van der Waals surface area contributed by atoms with Crippen LogP contribution in [-0.2, 0) is 13.0 Å². The number of carbonyl (C=O) groups is 1. The van der Waals surface area contributed by atoms with Gasteiger partial charge in [0, 0.05) is 29.9 Å². The number of fused-ring (bicyclic) bond motifs is 1. The maximum Gasteiger partial charge on any atom is 0.167 e. The van der Waals surface area contributed by atoms with Crippen LogP contribution in [0.2, 0.25) is 0 Å². The molecule has 0 atom stereocenters. The highest BCUT2D eigenvalue weighted by Crippen LogP contribution is 2.22. The van der Waals surface area contributed by atoms with Crippen LogP contribution in [0, 0.1) is 5.92 Å². The second-order valence-corrected chi connectivity index (χ2v) is 4.35. The fraction of sp³-hybridized carbons (Fsp3) is 0.583.